The van der Waals surface area contributed by atoms with Gasteiger partial charge in [0.2, 0.25) is 28.9 Å². The van der Waals surface area contributed by atoms with E-state index in [0.717, 1.165) is 27.9 Å². The highest BCUT2D eigenvalue weighted by Gasteiger charge is 2.24. The third kappa shape index (κ3) is 14.6. The zero-order valence-electron chi connectivity index (χ0n) is 44.4. The number of aromatic nitrogens is 3. The molecular weight excluding hydrogens is 961 g/mol. The Morgan fingerprint density at radius 2 is 1.07 bits per heavy atom. The molecule has 4 heterocycles. The first-order valence-electron chi connectivity index (χ1n) is 26.1. The number of nitrogens with zero attached hydrogens (tertiary/aromatic N) is 7. The van der Waals surface area contributed by atoms with Crippen LogP contribution >= 0.6 is 0 Å². The zero-order valence-corrected chi connectivity index (χ0v) is 44.4. The molecule has 3 amide bonds. The first-order valence-corrected chi connectivity index (χ1v) is 26.1. The third-order valence-electron chi connectivity index (χ3n) is 14.1. The highest BCUT2D eigenvalue weighted by Crippen LogP contribution is 2.27. The van der Waals surface area contributed by atoms with E-state index >= 15 is 0 Å². The quantitative estimate of drug-likeness (QED) is 0.0732. The van der Waals surface area contributed by atoms with Gasteiger partial charge in [-0.15, -0.1) is 0 Å². The average Bonchev–Trinajstić information content (AvgIpc) is 3.89. The number of hydrogen-bond acceptors (Lipinski definition) is 12. The average molecular weight is 1030 g/mol. The van der Waals surface area contributed by atoms with Crippen LogP contribution in [0.3, 0.4) is 0 Å². The Bertz CT molecular complexity index is 3100. The minimum Gasteiger partial charge on any atom is -0.478 e. The lowest BCUT2D eigenvalue weighted by molar-refractivity contribution is -0.125. The standard InChI is InChI=1S/C59H70N10O7/c1-40(43-13-9-7-10-14-43)60-53(70)37-66-29-27-65(36-48-25-26-69(64-48)52-24-22-49-56(73)50-35-47(59(4,5)6)21-23-51(50)76-57(49)63-52)28-30-67(38-54(71)61-41(2)44-15-11-8-12-16-44)32-34-68(33-31-66)39-55(72)62-42(3)45-17-19-46(20-18-45)58(74)75/h7-26,35,40-42H,27-34,36-39H2,1-6H3,(H,60,70)(H,61,71)(H,62,72)(H,74,75)/t40-,41-,42-/m0/s1. The number of rotatable bonds is 16. The molecule has 4 aromatic carbocycles. The van der Waals surface area contributed by atoms with Crippen LogP contribution in [0.15, 0.2) is 137 Å². The van der Waals surface area contributed by atoms with Gasteiger partial charge in [-0.1, -0.05) is 99.6 Å². The topological polar surface area (TPSA) is 198 Å². The normalized spacial score (nSPS) is 16.0. The van der Waals surface area contributed by atoms with Crippen molar-refractivity contribution in [3.63, 3.8) is 0 Å². The number of pyridine rings is 1. The number of carbonyl (C=O) groups excluding carboxylic acids is 3. The molecule has 7 aromatic rings. The monoisotopic (exact) mass is 1030 g/mol. The molecule has 1 aliphatic heterocycles. The first-order chi connectivity index (χ1) is 36.4. The van der Waals surface area contributed by atoms with Crippen LogP contribution in [0, 0.1) is 0 Å². The zero-order chi connectivity index (χ0) is 53.9. The largest absolute Gasteiger partial charge is 0.478 e. The van der Waals surface area contributed by atoms with Crippen molar-refractivity contribution in [2.24, 2.45) is 0 Å². The van der Waals surface area contributed by atoms with Crippen LogP contribution in [-0.2, 0) is 26.3 Å². The summed E-state index contributed by atoms with van der Waals surface area (Å²) in [6.45, 7) is 16.9. The molecule has 398 valence electrons. The number of carboxylic acids is 1. The van der Waals surface area contributed by atoms with E-state index in [1.54, 1.807) is 28.9 Å². The van der Waals surface area contributed by atoms with Crippen molar-refractivity contribution in [3.8, 4) is 5.82 Å². The number of amides is 3. The summed E-state index contributed by atoms with van der Waals surface area (Å²) in [4.78, 5) is 80.0. The van der Waals surface area contributed by atoms with Gasteiger partial charge in [0, 0.05) is 65.1 Å². The molecule has 1 aliphatic rings. The van der Waals surface area contributed by atoms with E-state index in [0.29, 0.717) is 81.1 Å². The lowest BCUT2D eigenvalue weighted by Gasteiger charge is -2.34. The maximum atomic E-state index is 13.8. The molecule has 1 fully saturated rings. The predicted molar refractivity (Wildman–Crippen MR) is 294 cm³/mol. The number of carboxylic acid groups (broad SMARTS) is 1. The summed E-state index contributed by atoms with van der Waals surface area (Å²) in [6, 6.07) is 36.5. The van der Waals surface area contributed by atoms with Crippen molar-refractivity contribution in [1.82, 2.24) is 50.3 Å². The Morgan fingerprint density at radius 3 is 1.54 bits per heavy atom. The minimum atomic E-state index is -1.02. The molecular formula is C59H70N10O7. The van der Waals surface area contributed by atoms with Gasteiger partial charge in [-0.05, 0) is 90.9 Å². The number of fused-ring (bicyclic) bond motifs is 2. The third-order valence-corrected chi connectivity index (χ3v) is 14.1. The Balaban J connectivity index is 1.02. The van der Waals surface area contributed by atoms with E-state index in [1.165, 1.54) is 12.1 Å². The number of benzene rings is 4. The minimum absolute atomic E-state index is 0.0651. The van der Waals surface area contributed by atoms with Crippen molar-refractivity contribution in [3.05, 3.63) is 171 Å². The van der Waals surface area contributed by atoms with E-state index < -0.39 is 5.97 Å². The molecule has 0 bridgehead atoms. The van der Waals surface area contributed by atoms with Crippen LogP contribution in [0.25, 0.3) is 27.9 Å². The lowest BCUT2D eigenvalue weighted by Crippen LogP contribution is -2.50. The molecule has 0 radical (unpaired) electrons. The Labute approximate surface area is 443 Å². The molecule has 0 unspecified atom stereocenters. The first kappa shape index (κ1) is 54.7. The van der Waals surface area contributed by atoms with Crippen molar-refractivity contribution < 1.29 is 28.7 Å². The van der Waals surface area contributed by atoms with Gasteiger partial charge in [-0.3, -0.25) is 38.8 Å². The summed E-state index contributed by atoms with van der Waals surface area (Å²) in [6.07, 6.45) is 1.84. The lowest BCUT2D eigenvalue weighted by atomic mass is 9.86. The van der Waals surface area contributed by atoms with Crippen molar-refractivity contribution in [2.45, 2.75) is 71.6 Å². The van der Waals surface area contributed by atoms with Gasteiger partial charge in [0.1, 0.15) is 5.58 Å². The van der Waals surface area contributed by atoms with E-state index in [9.17, 15) is 29.1 Å². The maximum absolute atomic E-state index is 13.8. The number of nitrogens with one attached hydrogen (secondary N) is 3. The fourth-order valence-corrected chi connectivity index (χ4v) is 9.45. The summed E-state index contributed by atoms with van der Waals surface area (Å²) < 4.78 is 7.89. The second kappa shape index (κ2) is 24.8. The SMILES string of the molecule is C[C@H](NC(=O)CN1CCN(CC(=O)N[C@@H](C)c2ccccc2)CCN(Cc2ccn(-c3ccc4c(=O)c5cc(C(C)(C)C)ccc5oc4n3)n2)CCN(CC(=O)N[C@@H](C)c2ccccc2)CC1)c1ccc(C(=O)O)cc1. The van der Waals surface area contributed by atoms with Crippen LogP contribution in [0.1, 0.15) is 98.0 Å². The molecule has 8 rings (SSSR count). The van der Waals surface area contributed by atoms with E-state index in [2.05, 4.69) is 56.3 Å². The number of aromatic carboxylic acids is 1. The van der Waals surface area contributed by atoms with Crippen LogP contribution in [-0.4, -0.2) is 135 Å². The van der Waals surface area contributed by atoms with Gasteiger partial charge in [0.15, 0.2) is 5.82 Å². The molecule has 4 N–H and O–H groups in total. The van der Waals surface area contributed by atoms with Crippen LogP contribution in [0.4, 0.5) is 0 Å². The van der Waals surface area contributed by atoms with Crippen LogP contribution < -0.4 is 21.4 Å². The summed E-state index contributed by atoms with van der Waals surface area (Å²) in [7, 11) is 0. The Hall–Kier alpha value is -7.57. The van der Waals surface area contributed by atoms with Crippen LogP contribution in [0.2, 0.25) is 0 Å². The maximum Gasteiger partial charge on any atom is 0.335 e. The van der Waals surface area contributed by atoms with Gasteiger partial charge in [0.05, 0.1) is 59.8 Å². The van der Waals surface area contributed by atoms with Gasteiger partial charge in [0.25, 0.3) is 0 Å². The summed E-state index contributed by atoms with van der Waals surface area (Å²) >= 11 is 0. The molecule has 3 atom stereocenters. The summed E-state index contributed by atoms with van der Waals surface area (Å²) in [5.41, 5.74) is 5.16. The van der Waals surface area contributed by atoms with Crippen LogP contribution in [0.5, 0.6) is 0 Å². The molecule has 17 nitrogen and oxygen atoms in total. The molecule has 0 aliphatic carbocycles. The molecule has 17 heteroatoms. The fraction of sp³-hybridized carbons (Fsp3) is 0.373. The van der Waals surface area contributed by atoms with Gasteiger partial charge < -0.3 is 25.5 Å². The second-order valence-electron chi connectivity index (χ2n) is 20.9. The Kier molecular flexibility index (Phi) is 17.9. The molecule has 0 spiro atoms. The summed E-state index contributed by atoms with van der Waals surface area (Å²) in [5.74, 6) is -0.979. The fourth-order valence-electron chi connectivity index (χ4n) is 9.45. The van der Waals surface area contributed by atoms with Crippen molar-refractivity contribution >= 4 is 45.8 Å². The van der Waals surface area contributed by atoms with Crippen molar-refractivity contribution in [1.29, 1.82) is 0 Å². The number of carbonyl (C=O) groups is 4. The molecule has 3 aromatic heterocycles. The van der Waals surface area contributed by atoms with E-state index in [-0.39, 0.29) is 77.6 Å². The van der Waals surface area contributed by atoms with Crippen molar-refractivity contribution in [2.75, 3.05) is 72.0 Å². The Morgan fingerprint density at radius 1 is 0.592 bits per heavy atom. The predicted octanol–water partition coefficient (Wildman–Crippen LogP) is 6.88. The molecule has 0 saturated carbocycles. The highest BCUT2D eigenvalue weighted by atomic mass is 16.4. The molecule has 1 saturated heterocycles. The van der Waals surface area contributed by atoms with E-state index in [4.69, 9.17) is 14.5 Å². The van der Waals surface area contributed by atoms with E-state index in [1.807, 2.05) is 112 Å². The van der Waals surface area contributed by atoms with Gasteiger partial charge >= 0.3 is 5.97 Å². The number of hydrogen-bond donors (Lipinski definition) is 4. The smallest absolute Gasteiger partial charge is 0.335 e. The highest BCUT2D eigenvalue weighted by molar-refractivity contribution is 5.89. The summed E-state index contributed by atoms with van der Waals surface area (Å²) in [5, 5.41) is 24.7. The van der Waals surface area contributed by atoms with Gasteiger partial charge in [-0.25, -0.2) is 9.48 Å². The van der Waals surface area contributed by atoms with Gasteiger partial charge in [-0.2, -0.15) is 10.1 Å². The molecule has 76 heavy (non-hydrogen) atoms. The second-order valence-corrected chi connectivity index (χ2v) is 20.9.